The Bertz CT molecular complexity index is 1160. The van der Waals surface area contributed by atoms with Crippen molar-refractivity contribution in [1.29, 1.82) is 0 Å². The highest BCUT2D eigenvalue weighted by Gasteiger charge is 2.44. The van der Waals surface area contributed by atoms with Crippen molar-refractivity contribution in [3.8, 4) is 0 Å². The average Bonchev–Trinajstić information content (AvgIpc) is 3.37. The fraction of sp³-hybridized carbons (Fsp3) is 0.240. The van der Waals surface area contributed by atoms with Crippen LogP contribution in [-0.4, -0.2) is 50.1 Å². The lowest BCUT2D eigenvalue weighted by atomic mass is 9.81. The zero-order valence-corrected chi connectivity index (χ0v) is 19.1. The van der Waals surface area contributed by atoms with Crippen LogP contribution in [0.25, 0.3) is 0 Å². The van der Waals surface area contributed by atoms with Crippen molar-refractivity contribution in [2.75, 3.05) is 32.7 Å². The number of hydrogen-bond acceptors (Lipinski definition) is 6. The maximum atomic E-state index is 13.8. The van der Waals surface area contributed by atoms with E-state index in [4.69, 9.17) is 9.47 Å². The predicted molar refractivity (Wildman–Crippen MR) is 126 cm³/mol. The van der Waals surface area contributed by atoms with Crippen molar-refractivity contribution in [3.05, 3.63) is 87.6 Å². The molecule has 0 saturated carbocycles. The third-order valence-electron chi connectivity index (χ3n) is 5.68. The van der Waals surface area contributed by atoms with Crippen LogP contribution in [0.15, 0.2) is 66.0 Å². The zero-order valence-electron chi connectivity index (χ0n) is 18.3. The van der Waals surface area contributed by atoms with Gasteiger partial charge in [-0.1, -0.05) is 36.4 Å². The number of benzene rings is 2. The Morgan fingerprint density at radius 3 is 2.52 bits per heavy atom. The maximum absolute atomic E-state index is 13.8. The molecule has 0 spiro atoms. The van der Waals surface area contributed by atoms with Crippen LogP contribution in [0.2, 0.25) is 0 Å². The van der Waals surface area contributed by atoms with Crippen molar-refractivity contribution in [2.45, 2.75) is 12.0 Å². The highest BCUT2D eigenvalue weighted by atomic mass is 32.1. The molecular weight excluding hydrogens is 440 g/mol. The molecule has 2 amide bonds. The number of amides is 2. The van der Waals surface area contributed by atoms with E-state index >= 15 is 0 Å². The maximum Gasteiger partial charge on any atom is 0.339 e. The number of carbonyl (C=O) groups excluding carboxylic acids is 3. The molecule has 0 unspecified atom stereocenters. The summed E-state index contributed by atoms with van der Waals surface area (Å²) in [5, 5.41) is 4.84. The summed E-state index contributed by atoms with van der Waals surface area (Å²) in [6.45, 7) is 0.685. The van der Waals surface area contributed by atoms with Gasteiger partial charge < -0.3 is 19.7 Å². The summed E-state index contributed by atoms with van der Waals surface area (Å²) in [6.07, 6.45) is 0. The molecule has 8 heteroatoms. The predicted octanol–water partition coefficient (Wildman–Crippen LogP) is 4.10. The molecule has 0 bridgehead atoms. The first-order chi connectivity index (χ1) is 16.1. The number of thiophene rings is 1. The van der Waals surface area contributed by atoms with E-state index in [1.54, 1.807) is 48.4 Å². The second-order valence-corrected chi connectivity index (χ2v) is 8.52. The Labute approximate surface area is 195 Å². The minimum absolute atomic E-state index is 0.139. The lowest BCUT2D eigenvalue weighted by Crippen LogP contribution is -2.47. The number of para-hydroxylation sites is 1. The molecule has 1 aromatic heterocycles. The van der Waals surface area contributed by atoms with E-state index in [0.717, 1.165) is 4.88 Å². The Hall–Kier alpha value is -3.49. The SMILES string of the molecule is COCCN1C(=O)c2ccccc2[C@H](C(=O)Nc2ccccc2C(=O)OC)[C@H]1c1cccs1. The molecule has 1 N–H and O–H groups in total. The van der Waals surface area contributed by atoms with Crippen LogP contribution < -0.4 is 5.32 Å². The average molecular weight is 465 g/mol. The minimum Gasteiger partial charge on any atom is -0.465 e. The molecule has 1 aliphatic heterocycles. The number of esters is 1. The molecular formula is C25H24N2O5S. The van der Waals surface area contributed by atoms with E-state index in [0.29, 0.717) is 30.0 Å². The van der Waals surface area contributed by atoms with Crippen LogP contribution in [0.5, 0.6) is 0 Å². The van der Waals surface area contributed by atoms with E-state index in [9.17, 15) is 14.4 Å². The molecule has 2 atom stereocenters. The van der Waals surface area contributed by atoms with Gasteiger partial charge in [0.25, 0.3) is 5.91 Å². The summed E-state index contributed by atoms with van der Waals surface area (Å²) >= 11 is 1.49. The van der Waals surface area contributed by atoms with Gasteiger partial charge in [0.1, 0.15) is 0 Å². The van der Waals surface area contributed by atoms with Gasteiger partial charge in [0, 0.05) is 24.1 Å². The van der Waals surface area contributed by atoms with E-state index in [1.807, 2.05) is 29.6 Å². The Morgan fingerprint density at radius 1 is 1.03 bits per heavy atom. The number of anilines is 1. The molecule has 1 aliphatic rings. The summed E-state index contributed by atoms with van der Waals surface area (Å²) < 4.78 is 10.1. The number of nitrogens with one attached hydrogen (secondary N) is 1. The number of hydrogen-bond donors (Lipinski definition) is 1. The number of methoxy groups -OCH3 is 2. The van der Waals surface area contributed by atoms with Crippen LogP contribution >= 0.6 is 11.3 Å². The third-order valence-corrected chi connectivity index (χ3v) is 6.63. The first-order valence-electron chi connectivity index (χ1n) is 10.5. The molecule has 0 aliphatic carbocycles. The molecule has 0 saturated heterocycles. The highest BCUT2D eigenvalue weighted by Crippen LogP contribution is 2.44. The standard InChI is InChI=1S/C25H24N2O5S/c1-31-14-13-27-22(20-12-7-15-33-20)21(16-8-3-4-9-17(16)24(27)29)23(28)26-19-11-6-5-10-18(19)25(30)32-2/h3-12,15,21-22H,13-14H2,1-2H3,(H,26,28)/t21-,22+/m0/s1. The van der Waals surface area contributed by atoms with Crippen LogP contribution in [-0.2, 0) is 14.3 Å². The van der Waals surface area contributed by atoms with Crippen molar-refractivity contribution in [1.82, 2.24) is 4.90 Å². The molecule has 4 rings (SSSR count). The summed E-state index contributed by atoms with van der Waals surface area (Å²) in [5.41, 5.74) is 1.76. The number of fused-ring (bicyclic) bond motifs is 1. The van der Waals surface area contributed by atoms with E-state index in [-0.39, 0.29) is 17.4 Å². The van der Waals surface area contributed by atoms with E-state index < -0.39 is 17.9 Å². The van der Waals surface area contributed by atoms with Gasteiger partial charge in [-0.3, -0.25) is 9.59 Å². The van der Waals surface area contributed by atoms with Crippen molar-refractivity contribution < 1.29 is 23.9 Å². The van der Waals surface area contributed by atoms with Gasteiger partial charge in [-0.2, -0.15) is 0 Å². The number of carbonyl (C=O) groups is 3. The number of rotatable bonds is 7. The van der Waals surface area contributed by atoms with Gasteiger partial charge in [0.05, 0.1) is 36.9 Å². The molecule has 0 radical (unpaired) electrons. The zero-order chi connectivity index (χ0) is 23.4. The van der Waals surface area contributed by atoms with E-state index in [1.165, 1.54) is 18.4 Å². The van der Waals surface area contributed by atoms with Crippen molar-refractivity contribution in [2.24, 2.45) is 0 Å². The molecule has 33 heavy (non-hydrogen) atoms. The fourth-order valence-electron chi connectivity index (χ4n) is 4.18. The normalized spacial score (nSPS) is 17.4. The molecule has 2 heterocycles. The second-order valence-electron chi connectivity index (χ2n) is 7.54. The second kappa shape index (κ2) is 9.97. The number of nitrogens with zero attached hydrogens (tertiary/aromatic N) is 1. The lowest BCUT2D eigenvalue weighted by molar-refractivity contribution is -0.119. The summed E-state index contributed by atoms with van der Waals surface area (Å²) in [4.78, 5) is 42.0. The summed E-state index contributed by atoms with van der Waals surface area (Å²) in [6, 6.07) is 17.2. The van der Waals surface area contributed by atoms with Crippen molar-refractivity contribution in [3.63, 3.8) is 0 Å². The van der Waals surface area contributed by atoms with Crippen molar-refractivity contribution >= 4 is 34.8 Å². The topological polar surface area (TPSA) is 84.9 Å². The van der Waals surface area contributed by atoms with Crippen LogP contribution in [0.4, 0.5) is 5.69 Å². The lowest BCUT2D eigenvalue weighted by Gasteiger charge is -2.41. The highest BCUT2D eigenvalue weighted by molar-refractivity contribution is 7.10. The fourth-order valence-corrected chi connectivity index (χ4v) is 5.05. The van der Waals surface area contributed by atoms with E-state index in [2.05, 4.69) is 5.32 Å². The molecule has 0 fully saturated rings. The first kappa shape index (κ1) is 22.7. The summed E-state index contributed by atoms with van der Waals surface area (Å²) in [5.74, 6) is -1.67. The van der Waals surface area contributed by atoms with Crippen LogP contribution in [0, 0.1) is 0 Å². The van der Waals surface area contributed by atoms with Gasteiger partial charge in [-0.25, -0.2) is 4.79 Å². The summed E-state index contributed by atoms with van der Waals surface area (Å²) in [7, 11) is 2.88. The molecule has 170 valence electrons. The smallest absolute Gasteiger partial charge is 0.339 e. The Kier molecular flexibility index (Phi) is 6.86. The molecule has 3 aromatic rings. The minimum atomic E-state index is -0.680. The first-order valence-corrected chi connectivity index (χ1v) is 11.3. The third kappa shape index (κ3) is 4.40. The van der Waals surface area contributed by atoms with Gasteiger partial charge in [-0.05, 0) is 35.2 Å². The monoisotopic (exact) mass is 464 g/mol. The van der Waals surface area contributed by atoms with Crippen LogP contribution in [0.3, 0.4) is 0 Å². The number of ether oxygens (including phenoxy) is 2. The molecule has 2 aromatic carbocycles. The Balaban J connectivity index is 1.80. The van der Waals surface area contributed by atoms with Gasteiger partial charge in [0.2, 0.25) is 5.91 Å². The van der Waals surface area contributed by atoms with Crippen LogP contribution in [0.1, 0.15) is 43.1 Å². The largest absolute Gasteiger partial charge is 0.465 e. The van der Waals surface area contributed by atoms with Gasteiger partial charge >= 0.3 is 5.97 Å². The quantitative estimate of drug-likeness (QED) is 0.532. The molecule has 7 nitrogen and oxygen atoms in total. The van der Waals surface area contributed by atoms with Gasteiger partial charge in [-0.15, -0.1) is 11.3 Å². The van der Waals surface area contributed by atoms with Gasteiger partial charge in [0.15, 0.2) is 0 Å². The Morgan fingerprint density at radius 2 is 1.79 bits per heavy atom.